The fourth-order valence-electron chi connectivity index (χ4n) is 2.25. The van der Waals surface area contributed by atoms with E-state index in [1.54, 1.807) is 0 Å². The zero-order valence-electron chi connectivity index (χ0n) is 10.3. The number of ether oxygens (including phenoxy) is 1. The van der Waals surface area contributed by atoms with E-state index in [2.05, 4.69) is 6.07 Å². The molecule has 2 rings (SSSR count). The number of hydrogen-bond donors (Lipinski definition) is 1. The van der Waals surface area contributed by atoms with E-state index < -0.39 is 0 Å². The summed E-state index contributed by atoms with van der Waals surface area (Å²) in [5.41, 5.74) is 8.41. The Balaban J connectivity index is 1.98. The van der Waals surface area contributed by atoms with Crippen LogP contribution in [0.1, 0.15) is 42.9 Å². The third kappa shape index (κ3) is 3.44. The van der Waals surface area contributed by atoms with Gasteiger partial charge in [0.15, 0.2) is 0 Å². The molecule has 1 saturated heterocycles. The molecule has 0 spiro atoms. The summed E-state index contributed by atoms with van der Waals surface area (Å²) in [4.78, 5) is 0. The predicted octanol–water partition coefficient (Wildman–Crippen LogP) is 3.61. The lowest BCUT2D eigenvalue weighted by atomic mass is 9.97. The highest BCUT2D eigenvalue weighted by molar-refractivity contribution is 6.31. The summed E-state index contributed by atoms with van der Waals surface area (Å²) in [6.45, 7) is 2.88. The molecule has 0 aromatic heterocycles. The molecule has 1 aliphatic rings. The fourth-order valence-corrected chi connectivity index (χ4v) is 2.44. The van der Waals surface area contributed by atoms with Gasteiger partial charge in [-0.1, -0.05) is 23.7 Å². The van der Waals surface area contributed by atoms with Crippen LogP contribution in [0.25, 0.3) is 0 Å². The normalized spacial score (nSPS) is 22.4. The van der Waals surface area contributed by atoms with E-state index in [1.165, 1.54) is 12.8 Å². The van der Waals surface area contributed by atoms with Gasteiger partial charge in [0.05, 0.1) is 6.10 Å². The number of aryl methyl sites for hydroxylation is 1. The van der Waals surface area contributed by atoms with Gasteiger partial charge in [0.2, 0.25) is 0 Å². The van der Waals surface area contributed by atoms with Crippen LogP contribution in [0.3, 0.4) is 0 Å². The predicted molar refractivity (Wildman–Crippen MR) is 71.3 cm³/mol. The molecule has 3 heteroatoms. The molecule has 2 unspecified atom stereocenters. The van der Waals surface area contributed by atoms with Crippen molar-refractivity contribution in [2.75, 3.05) is 6.61 Å². The van der Waals surface area contributed by atoms with Crippen LogP contribution in [0.2, 0.25) is 5.02 Å². The van der Waals surface area contributed by atoms with Crippen LogP contribution in [-0.2, 0) is 4.74 Å². The topological polar surface area (TPSA) is 35.2 Å². The van der Waals surface area contributed by atoms with Crippen LogP contribution in [0.5, 0.6) is 0 Å². The van der Waals surface area contributed by atoms with Gasteiger partial charge in [-0.3, -0.25) is 0 Å². The minimum absolute atomic E-state index is 0.0243. The number of nitrogens with two attached hydrogens (primary N) is 1. The smallest absolute Gasteiger partial charge is 0.0593 e. The van der Waals surface area contributed by atoms with E-state index in [4.69, 9.17) is 22.1 Å². The Morgan fingerprint density at radius 3 is 2.94 bits per heavy atom. The van der Waals surface area contributed by atoms with E-state index in [0.717, 1.165) is 35.6 Å². The van der Waals surface area contributed by atoms with E-state index in [0.29, 0.717) is 6.10 Å². The molecule has 1 aliphatic heterocycles. The molecule has 2 atom stereocenters. The zero-order chi connectivity index (χ0) is 12.3. The van der Waals surface area contributed by atoms with Crippen LogP contribution >= 0.6 is 11.6 Å². The first-order valence-corrected chi connectivity index (χ1v) is 6.68. The molecule has 1 fully saturated rings. The number of halogens is 1. The van der Waals surface area contributed by atoms with Crippen LogP contribution in [-0.4, -0.2) is 12.7 Å². The Morgan fingerprint density at radius 2 is 2.29 bits per heavy atom. The fraction of sp³-hybridized carbons (Fsp3) is 0.571. The molecule has 94 valence electrons. The third-order valence-corrected chi connectivity index (χ3v) is 3.82. The highest BCUT2D eigenvalue weighted by Gasteiger charge is 2.18. The van der Waals surface area contributed by atoms with Crippen molar-refractivity contribution in [2.24, 2.45) is 5.73 Å². The van der Waals surface area contributed by atoms with Crippen molar-refractivity contribution in [3.8, 4) is 0 Å². The number of hydrogen-bond acceptors (Lipinski definition) is 2. The SMILES string of the molecule is Cc1ccc(C(N)CC2CCCCO2)cc1Cl. The van der Waals surface area contributed by atoms with Gasteiger partial charge in [-0.25, -0.2) is 0 Å². The van der Waals surface area contributed by atoms with E-state index >= 15 is 0 Å². The first-order valence-electron chi connectivity index (χ1n) is 6.30. The average Bonchev–Trinajstić information content (AvgIpc) is 2.34. The quantitative estimate of drug-likeness (QED) is 0.893. The Labute approximate surface area is 108 Å². The van der Waals surface area contributed by atoms with E-state index in [-0.39, 0.29) is 6.04 Å². The summed E-state index contributed by atoms with van der Waals surface area (Å²) in [6, 6.07) is 6.09. The zero-order valence-corrected chi connectivity index (χ0v) is 11.0. The van der Waals surface area contributed by atoms with Gasteiger partial charge in [0, 0.05) is 17.7 Å². The average molecular weight is 254 g/mol. The molecule has 17 heavy (non-hydrogen) atoms. The highest BCUT2D eigenvalue weighted by Crippen LogP contribution is 2.26. The second kappa shape index (κ2) is 5.85. The summed E-state index contributed by atoms with van der Waals surface area (Å²) in [6.07, 6.45) is 4.78. The second-order valence-corrected chi connectivity index (χ2v) is 5.25. The van der Waals surface area contributed by atoms with Gasteiger partial charge in [-0.15, -0.1) is 0 Å². The molecule has 0 amide bonds. The van der Waals surface area contributed by atoms with Crippen molar-refractivity contribution < 1.29 is 4.74 Å². The lowest BCUT2D eigenvalue weighted by Crippen LogP contribution is -2.24. The maximum absolute atomic E-state index is 6.21. The molecular weight excluding hydrogens is 234 g/mol. The van der Waals surface area contributed by atoms with E-state index in [1.807, 2.05) is 19.1 Å². The van der Waals surface area contributed by atoms with Gasteiger partial charge in [0.1, 0.15) is 0 Å². The Kier molecular flexibility index (Phi) is 4.43. The minimum atomic E-state index is 0.0243. The van der Waals surface area contributed by atoms with Crippen LogP contribution in [0.4, 0.5) is 0 Å². The standard InChI is InChI=1S/C14H20ClNO/c1-10-5-6-11(8-13(10)15)14(16)9-12-4-2-3-7-17-12/h5-6,8,12,14H,2-4,7,9,16H2,1H3. The van der Waals surface area contributed by atoms with Crippen LogP contribution < -0.4 is 5.73 Å². The van der Waals surface area contributed by atoms with Crippen molar-refractivity contribution in [3.63, 3.8) is 0 Å². The molecule has 1 aromatic carbocycles. The van der Waals surface area contributed by atoms with Crippen molar-refractivity contribution >= 4 is 11.6 Å². The maximum atomic E-state index is 6.21. The first-order chi connectivity index (χ1) is 8.16. The highest BCUT2D eigenvalue weighted by atomic mass is 35.5. The molecule has 0 aliphatic carbocycles. The van der Waals surface area contributed by atoms with Gasteiger partial charge in [-0.2, -0.15) is 0 Å². The summed E-state index contributed by atoms with van der Waals surface area (Å²) in [5, 5.41) is 0.794. The maximum Gasteiger partial charge on any atom is 0.0593 e. The molecule has 1 heterocycles. The Hall–Kier alpha value is -0.570. The van der Waals surface area contributed by atoms with Crippen LogP contribution in [0, 0.1) is 6.92 Å². The van der Waals surface area contributed by atoms with Crippen molar-refractivity contribution in [3.05, 3.63) is 34.3 Å². The largest absolute Gasteiger partial charge is 0.378 e. The van der Waals surface area contributed by atoms with Crippen LogP contribution in [0.15, 0.2) is 18.2 Å². The summed E-state index contributed by atoms with van der Waals surface area (Å²) >= 11 is 6.11. The molecule has 0 saturated carbocycles. The lowest BCUT2D eigenvalue weighted by molar-refractivity contribution is 0.00729. The van der Waals surface area contributed by atoms with Gasteiger partial charge >= 0.3 is 0 Å². The summed E-state index contributed by atoms with van der Waals surface area (Å²) in [7, 11) is 0. The van der Waals surface area contributed by atoms with Crippen molar-refractivity contribution in [1.82, 2.24) is 0 Å². The first kappa shape index (κ1) is 12.9. The molecule has 0 bridgehead atoms. The number of rotatable bonds is 3. The minimum Gasteiger partial charge on any atom is -0.378 e. The van der Waals surface area contributed by atoms with Crippen molar-refractivity contribution in [1.29, 1.82) is 0 Å². The molecule has 0 radical (unpaired) electrons. The molecule has 1 aromatic rings. The van der Waals surface area contributed by atoms with Gasteiger partial charge in [0.25, 0.3) is 0 Å². The molecular formula is C14H20ClNO. The summed E-state index contributed by atoms with van der Waals surface area (Å²) < 4.78 is 5.71. The van der Waals surface area contributed by atoms with Gasteiger partial charge < -0.3 is 10.5 Å². The number of benzene rings is 1. The monoisotopic (exact) mass is 253 g/mol. The lowest BCUT2D eigenvalue weighted by Gasteiger charge is -2.25. The van der Waals surface area contributed by atoms with E-state index in [9.17, 15) is 0 Å². The third-order valence-electron chi connectivity index (χ3n) is 3.41. The molecule has 2 nitrogen and oxygen atoms in total. The van der Waals surface area contributed by atoms with Gasteiger partial charge in [-0.05, 0) is 49.8 Å². The Morgan fingerprint density at radius 1 is 1.47 bits per heavy atom. The van der Waals surface area contributed by atoms with Crippen molar-refractivity contribution in [2.45, 2.75) is 44.8 Å². The second-order valence-electron chi connectivity index (χ2n) is 4.84. The Bertz CT molecular complexity index is 374. The molecule has 2 N–H and O–H groups in total. The summed E-state index contributed by atoms with van der Waals surface area (Å²) in [5.74, 6) is 0.